The summed E-state index contributed by atoms with van der Waals surface area (Å²) in [4.78, 5) is 0. The Balaban J connectivity index is 1.99. The molecule has 0 bridgehead atoms. The number of halogens is 1. The van der Waals surface area contributed by atoms with Crippen molar-refractivity contribution in [2.45, 2.75) is 45.8 Å². The first-order valence-electron chi connectivity index (χ1n) is 7.75. The molecule has 122 valence electrons. The molecule has 1 fully saturated rings. The first-order chi connectivity index (χ1) is 10.6. The molecule has 1 saturated heterocycles. The smallest absolute Gasteiger partial charge is 0.399 e. The maximum absolute atomic E-state index is 14.7. The third-order valence-corrected chi connectivity index (χ3v) is 4.87. The van der Waals surface area contributed by atoms with Crippen LogP contribution in [0.2, 0.25) is 0 Å². The van der Waals surface area contributed by atoms with Crippen LogP contribution in [-0.2, 0) is 16.4 Å². The first kappa shape index (κ1) is 16.2. The molecule has 0 saturated carbocycles. The predicted octanol–water partition coefficient (Wildman–Crippen LogP) is 2.83. The van der Waals surface area contributed by atoms with Gasteiger partial charge < -0.3 is 9.31 Å². The number of hydrogen-bond acceptors (Lipinski definition) is 3. The molecule has 0 amide bonds. The van der Waals surface area contributed by atoms with Gasteiger partial charge in [0.05, 0.1) is 17.4 Å². The lowest BCUT2D eigenvalue weighted by molar-refractivity contribution is 0.00578. The van der Waals surface area contributed by atoms with Gasteiger partial charge in [-0.3, -0.25) is 4.68 Å². The topological polar surface area (TPSA) is 36.3 Å². The van der Waals surface area contributed by atoms with Crippen molar-refractivity contribution in [2.75, 3.05) is 0 Å². The number of aromatic nitrogens is 2. The molecule has 0 unspecified atom stereocenters. The van der Waals surface area contributed by atoms with Crippen molar-refractivity contribution in [1.82, 2.24) is 9.78 Å². The van der Waals surface area contributed by atoms with Gasteiger partial charge in [0, 0.05) is 24.3 Å². The van der Waals surface area contributed by atoms with Crippen LogP contribution in [-0.4, -0.2) is 28.1 Å². The number of nitrogens with zero attached hydrogens (tertiary/aromatic N) is 2. The molecule has 1 aliphatic rings. The van der Waals surface area contributed by atoms with Crippen LogP contribution < -0.4 is 5.46 Å². The van der Waals surface area contributed by atoms with E-state index in [-0.39, 0.29) is 5.82 Å². The van der Waals surface area contributed by atoms with Crippen LogP contribution in [0.5, 0.6) is 0 Å². The van der Waals surface area contributed by atoms with E-state index in [4.69, 9.17) is 9.31 Å². The fourth-order valence-corrected chi connectivity index (χ4v) is 2.73. The van der Waals surface area contributed by atoms with E-state index in [0.29, 0.717) is 5.46 Å². The van der Waals surface area contributed by atoms with Crippen LogP contribution in [0.4, 0.5) is 4.39 Å². The minimum absolute atomic E-state index is 0.326. The van der Waals surface area contributed by atoms with Gasteiger partial charge in [0.25, 0.3) is 0 Å². The Kier molecular flexibility index (Phi) is 3.65. The predicted molar refractivity (Wildman–Crippen MR) is 89.1 cm³/mol. The third kappa shape index (κ3) is 2.70. The Morgan fingerprint density at radius 2 is 1.74 bits per heavy atom. The Labute approximate surface area is 136 Å². The molecule has 0 atom stereocenters. The zero-order valence-corrected chi connectivity index (χ0v) is 14.5. The highest BCUT2D eigenvalue weighted by Gasteiger charge is 2.52. The van der Waals surface area contributed by atoms with Crippen LogP contribution >= 0.6 is 0 Å². The van der Waals surface area contributed by atoms with Gasteiger partial charge in [-0.15, -0.1) is 0 Å². The maximum atomic E-state index is 14.7. The third-order valence-electron chi connectivity index (χ3n) is 4.87. The SMILES string of the molecule is Cc1cc(B2OC(C)(C)C(C)(C)O2)c(F)cc1-c1cnn(C)c1. The molecule has 1 aromatic carbocycles. The molecule has 4 nitrogen and oxygen atoms in total. The van der Waals surface area contributed by atoms with Crippen molar-refractivity contribution in [3.63, 3.8) is 0 Å². The second-order valence-electron chi connectivity index (χ2n) is 7.18. The molecule has 0 N–H and O–H groups in total. The summed E-state index contributed by atoms with van der Waals surface area (Å²) in [5, 5.41) is 4.15. The van der Waals surface area contributed by atoms with Gasteiger partial charge in [-0.05, 0) is 51.8 Å². The summed E-state index contributed by atoms with van der Waals surface area (Å²) in [5.41, 5.74) is 2.15. The summed E-state index contributed by atoms with van der Waals surface area (Å²) in [6.45, 7) is 9.80. The second-order valence-corrected chi connectivity index (χ2v) is 7.18. The van der Waals surface area contributed by atoms with Gasteiger partial charge >= 0.3 is 7.12 Å². The normalized spacial score (nSPS) is 19.3. The van der Waals surface area contributed by atoms with E-state index in [1.54, 1.807) is 16.9 Å². The average molecular weight is 316 g/mol. The fraction of sp³-hybridized carbons (Fsp3) is 0.471. The monoisotopic (exact) mass is 316 g/mol. The van der Waals surface area contributed by atoms with Gasteiger partial charge in [-0.2, -0.15) is 5.10 Å². The molecule has 2 heterocycles. The number of hydrogen-bond donors (Lipinski definition) is 0. The van der Waals surface area contributed by atoms with E-state index >= 15 is 0 Å². The second kappa shape index (κ2) is 5.18. The summed E-state index contributed by atoms with van der Waals surface area (Å²) < 4.78 is 28.3. The van der Waals surface area contributed by atoms with Gasteiger partial charge in [-0.25, -0.2) is 4.39 Å². The molecule has 1 aromatic heterocycles. The van der Waals surface area contributed by atoms with E-state index in [1.165, 1.54) is 6.07 Å². The average Bonchev–Trinajstić information content (AvgIpc) is 2.94. The van der Waals surface area contributed by atoms with Crippen LogP contribution in [0.1, 0.15) is 33.3 Å². The number of aryl methyl sites for hydroxylation is 2. The van der Waals surface area contributed by atoms with Crippen molar-refractivity contribution in [3.8, 4) is 11.1 Å². The van der Waals surface area contributed by atoms with Crippen molar-refractivity contribution < 1.29 is 13.7 Å². The molecular formula is C17H22BFN2O2. The molecule has 3 rings (SSSR count). The van der Waals surface area contributed by atoms with Gasteiger partial charge in [-0.1, -0.05) is 6.07 Å². The zero-order chi connectivity index (χ0) is 17.0. The summed E-state index contributed by atoms with van der Waals surface area (Å²) in [7, 11) is 1.15. The van der Waals surface area contributed by atoms with Crippen LogP contribution in [0.3, 0.4) is 0 Å². The standard InChI is InChI=1S/C17H22BFN2O2/c1-11-7-14(18-22-16(2,3)17(4,5)23-18)15(19)8-13(11)12-9-20-21(6)10-12/h7-10H,1-6H3. The Morgan fingerprint density at radius 3 is 2.26 bits per heavy atom. The highest BCUT2D eigenvalue weighted by molar-refractivity contribution is 6.62. The molecule has 1 aliphatic heterocycles. The largest absolute Gasteiger partial charge is 0.497 e. The van der Waals surface area contributed by atoms with Gasteiger partial charge in [0.15, 0.2) is 0 Å². The quantitative estimate of drug-likeness (QED) is 0.800. The van der Waals surface area contributed by atoms with E-state index < -0.39 is 18.3 Å². The Morgan fingerprint density at radius 1 is 1.13 bits per heavy atom. The van der Waals surface area contributed by atoms with Gasteiger partial charge in [0.1, 0.15) is 5.82 Å². The summed E-state index contributed by atoms with van der Waals surface area (Å²) in [5.74, 6) is -0.326. The molecular weight excluding hydrogens is 294 g/mol. The van der Waals surface area contributed by atoms with Crippen LogP contribution in [0.25, 0.3) is 11.1 Å². The minimum Gasteiger partial charge on any atom is -0.399 e. The van der Waals surface area contributed by atoms with E-state index in [1.807, 2.05) is 47.9 Å². The Hall–Kier alpha value is -1.66. The lowest BCUT2D eigenvalue weighted by atomic mass is 9.77. The van der Waals surface area contributed by atoms with Crippen molar-refractivity contribution in [1.29, 1.82) is 0 Å². The van der Waals surface area contributed by atoms with E-state index in [9.17, 15) is 4.39 Å². The first-order valence-corrected chi connectivity index (χ1v) is 7.75. The maximum Gasteiger partial charge on any atom is 0.497 e. The number of benzene rings is 1. The van der Waals surface area contributed by atoms with E-state index in [2.05, 4.69) is 5.10 Å². The molecule has 2 aromatic rings. The lowest BCUT2D eigenvalue weighted by Gasteiger charge is -2.32. The molecule has 0 spiro atoms. The van der Waals surface area contributed by atoms with Crippen molar-refractivity contribution in [3.05, 3.63) is 35.9 Å². The Bertz CT molecular complexity index is 739. The fourth-order valence-electron chi connectivity index (χ4n) is 2.73. The highest BCUT2D eigenvalue weighted by atomic mass is 19.1. The number of rotatable bonds is 2. The van der Waals surface area contributed by atoms with Crippen molar-refractivity contribution >= 4 is 12.6 Å². The zero-order valence-electron chi connectivity index (χ0n) is 14.5. The minimum atomic E-state index is -0.693. The summed E-state index contributed by atoms with van der Waals surface area (Å²) in [6.07, 6.45) is 3.60. The van der Waals surface area contributed by atoms with Gasteiger partial charge in [0.2, 0.25) is 0 Å². The highest BCUT2D eigenvalue weighted by Crippen LogP contribution is 2.37. The summed E-state index contributed by atoms with van der Waals surface area (Å²) in [6, 6.07) is 3.34. The molecule has 6 heteroatoms. The van der Waals surface area contributed by atoms with Crippen molar-refractivity contribution in [2.24, 2.45) is 7.05 Å². The molecule has 0 radical (unpaired) electrons. The molecule has 0 aliphatic carbocycles. The van der Waals surface area contributed by atoms with Crippen LogP contribution in [0, 0.1) is 12.7 Å². The lowest BCUT2D eigenvalue weighted by Crippen LogP contribution is -2.41. The van der Waals surface area contributed by atoms with Crippen LogP contribution in [0.15, 0.2) is 24.5 Å². The van der Waals surface area contributed by atoms with E-state index in [0.717, 1.165) is 16.7 Å². The summed E-state index contributed by atoms with van der Waals surface area (Å²) >= 11 is 0. The molecule has 23 heavy (non-hydrogen) atoms.